The molecule has 1 aromatic carbocycles. The summed E-state index contributed by atoms with van der Waals surface area (Å²) in [4.78, 5) is 61.9. The highest BCUT2D eigenvalue weighted by molar-refractivity contribution is 7.14. The maximum Gasteiger partial charge on any atom is 0.332 e. The van der Waals surface area contributed by atoms with Gasteiger partial charge in [0.05, 0.1) is 22.3 Å². The van der Waals surface area contributed by atoms with Crippen LogP contribution in [0.4, 0.5) is 0 Å². The molecule has 1 N–H and O–H groups in total. The quantitative estimate of drug-likeness (QED) is 0.414. The Morgan fingerprint density at radius 1 is 1.06 bits per heavy atom. The van der Waals surface area contributed by atoms with Crippen LogP contribution in [0, 0.1) is 0 Å². The number of esters is 1. The average Bonchev–Trinajstić information content (AvgIpc) is 3.23. The van der Waals surface area contributed by atoms with Gasteiger partial charge in [-0.1, -0.05) is 12.1 Å². The Morgan fingerprint density at radius 3 is 2.52 bits per heavy atom. The predicted octanol–water partition coefficient (Wildman–Crippen LogP) is 1.31. The van der Waals surface area contributed by atoms with Crippen molar-refractivity contribution in [1.29, 1.82) is 0 Å². The number of amides is 1. The smallest absolute Gasteiger partial charge is 0.332 e. The molecule has 0 radical (unpaired) electrons. The van der Waals surface area contributed by atoms with Crippen molar-refractivity contribution in [2.24, 2.45) is 0 Å². The second-order valence-electron chi connectivity index (χ2n) is 6.69. The number of rotatable bonds is 8. The van der Waals surface area contributed by atoms with Crippen LogP contribution in [0.5, 0.6) is 0 Å². The van der Waals surface area contributed by atoms with Crippen LogP contribution in [-0.4, -0.2) is 33.4 Å². The third-order valence-electron chi connectivity index (χ3n) is 4.55. The molecule has 3 aromatic rings. The van der Waals surface area contributed by atoms with E-state index in [0.29, 0.717) is 22.3 Å². The number of carbonyl (C=O) groups is 3. The van der Waals surface area contributed by atoms with E-state index in [1.165, 1.54) is 22.8 Å². The van der Waals surface area contributed by atoms with E-state index in [1.54, 1.807) is 43.3 Å². The van der Waals surface area contributed by atoms with Gasteiger partial charge < -0.3 is 10.1 Å². The second-order valence-corrected chi connectivity index (χ2v) is 7.86. The monoisotopic (exact) mass is 443 g/mol. The number of hydrogen-bond donors (Lipinski definition) is 1. The van der Waals surface area contributed by atoms with Gasteiger partial charge in [-0.05, 0) is 31.2 Å². The number of benzene rings is 1. The number of fused-ring (bicyclic) bond motifs is 1. The zero-order valence-electron chi connectivity index (χ0n) is 17.0. The first-order chi connectivity index (χ1) is 14.8. The Morgan fingerprint density at radius 2 is 1.81 bits per heavy atom. The summed E-state index contributed by atoms with van der Waals surface area (Å²) in [7, 11) is 0. The van der Waals surface area contributed by atoms with E-state index in [2.05, 4.69) is 5.32 Å². The van der Waals surface area contributed by atoms with E-state index in [4.69, 9.17) is 4.74 Å². The van der Waals surface area contributed by atoms with Crippen LogP contribution in [0.25, 0.3) is 10.9 Å². The number of nitrogens with one attached hydrogen (secondary N) is 1. The lowest BCUT2D eigenvalue weighted by atomic mass is 10.2. The zero-order chi connectivity index (χ0) is 22.5. The minimum Gasteiger partial charge on any atom is -0.456 e. The van der Waals surface area contributed by atoms with Gasteiger partial charge in [-0.25, -0.2) is 4.79 Å². The first-order valence-corrected chi connectivity index (χ1v) is 10.4. The topological polar surface area (TPSA) is 116 Å². The Kier molecular flexibility index (Phi) is 6.81. The highest BCUT2D eigenvalue weighted by Gasteiger charge is 2.17. The molecule has 2 aromatic heterocycles. The van der Waals surface area contributed by atoms with E-state index in [0.717, 1.165) is 9.44 Å². The molecule has 0 fully saturated rings. The molecule has 0 aliphatic rings. The average molecular weight is 443 g/mol. The zero-order valence-corrected chi connectivity index (χ0v) is 17.9. The van der Waals surface area contributed by atoms with Crippen molar-refractivity contribution in [3.8, 4) is 0 Å². The summed E-state index contributed by atoms with van der Waals surface area (Å²) in [5.74, 6) is -1.33. The van der Waals surface area contributed by atoms with E-state index < -0.39 is 30.4 Å². The van der Waals surface area contributed by atoms with Crippen LogP contribution in [0.3, 0.4) is 0 Å². The van der Waals surface area contributed by atoms with E-state index in [-0.39, 0.29) is 18.2 Å². The first kappa shape index (κ1) is 22.2. The lowest BCUT2D eigenvalue weighted by Crippen LogP contribution is -2.41. The number of aromatic nitrogens is 2. The van der Waals surface area contributed by atoms with Gasteiger partial charge >= 0.3 is 11.7 Å². The molecule has 0 unspecified atom stereocenters. The third kappa shape index (κ3) is 4.97. The van der Waals surface area contributed by atoms with E-state index in [9.17, 15) is 24.0 Å². The van der Waals surface area contributed by atoms with Gasteiger partial charge in [0.25, 0.3) is 5.56 Å². The largest absolute Gasteiger partial charge is 0.456 e. The summed E-state index contributed by atoms with van der Waals surface area (Å²) in [6, 6.07) is 9.83. The van der Waals surface area contributed by atoms with Crippen molar-refractivity contribution >= 4 is 39.9 Å². The fourth-order valence-electron chi connectivity index (χ4n) is 3.03. The normalized spacial score (nSPS) is 10.8. The Bertz CT molecular complexity index is 1270. The number of hydrogen-bond acceptors (Lipinski definition) is 7. The molecule has 0 saturated carbocycles. The SMILES string of the molecule is CCn1c(=O)c2ccccc2n(CC(=O)OCC(=O)c2ccc(CNC(C)=O)s2)c1=O. The summed E-state index contributed by atoms with van der Waals surface area (Å²) < 4.78 is 7.29. The van der Waals surface area contributed by atoms with Crippen molar-refractivity contribution in [3.05, 3.63) is 67.0 Å². The molecule has 0 spiro atoms. The fraction of sp³-hybridized carbons (Fsp3) is 0.286. The highest BCUT2D eigenvalue weighted by atomic mass is 32.1. The Hall–Kier alpha value is -3.53. The van der Waals surface area contributed by atoms with Gasteiger partial charge in [0.15, 0.2) is 6.61 Å². The minimum absolute atomic E-state index is 0.162. The molecule has 2 heterocycles. The molecule has 0 atom stereocenters. The first-order valence-electron chi connectivity index (χ1n) is 9.56. The summed E-state index contributed by atoms with van der Waals surface area (Å²) >= 11 is 1.20. The molecule has 1 amide bonds. The standard InChI is InChI=1S/C21H21N3O6S/c1-3-23-20(28)15-6-4-5-7-16(15)24(21(23)29)11-19(27)30-12-17(26)18-9-8-14(31-18)10-22-13(2)25/h4-9H,3,10-12H2,1-2H3,(H,22,25). The number of ether oxygens (including phenoxy) is 1. The van der Waals surface area contributed by atoms with Gasteiger partial charge in [0.2, 0.25) is 11.7 Å². The number of ketones is 1. The maximum atomic E-state index is 12.7. The number of nitrogens with zero attached hydrogens (tertiary/aromatic N) is 2. The number of carbonyl (C=O) groups excluding carboxylic acids is 3. The van der Waals surface area contributed by atoms with Crippen molar-refractivity contribution in [2.75, 3.05) is 6.61 Å². The number of thiophene rings is 1. The fourth-order valence-corrected chi connectivity index (χ4v) is 3.90. The van der Waals surface area contributed by atoms with Gasteiger partial charge in [0, 0.05) is 18.3 Å². The van der Waals surface area contributed by atoms with Crippen molar-refractivity contribution in [2.45, 2.75) is 33.5 Å². The summed E-state index contributed by atoms with van der Waals surface area (Å²) in [5.41, 5.74) is -0.711. The molecular formula is C21H21N3O6S. The Balaban J connectivity index is 1.71. The van der Waals surface area contributed by atoms with Crippen molar-refractivity contribution in [3.63, 3.8) is 0 Å². The van der Waals surface area contributed by atoms with E-state index in [1.807, 2.05) is 0 Å². The third-order valence-corrected chi connectivity index (χ3v) is 5.67. The molecule has 0 saturated heterocycles. The minimum atomic E-state index is -0.767. The second kappa shape index (κ2) is 9.52. The molecule has 31 heavy (non-hydrogen) atoms. The van der Waals surface area contributed by atoms with Crippen LogP contribution in [0.15, 0.2) is 46.0 Å². The molecule has 3 rings (SSSR count). The highest BCUT2D eigenvalue weighted by Crippen LogP contribution is 2.17. The van der Waals surface area contributed by atoms with Crippen LogP contribution in [0.2, 0.25) is 0 Å². The van der Waals surface area contributed by atoms with Crippen molar-refractivity contribution < 1.29 is 19.1 Å². The van der Waals surface area contributed by atoms with Gasteiger partial charge in [-0.15, -0.1) is 11.3 Å². The number of Topliss-reactive ketones (excluding diaryl/α,β-unsaturated/α-hetero) is 1. The summed E-state index contributed by atoms with van der Waals surface area (Å²) in [6.45, 7) is 2.65. The molecule has 0 aliphatic heterocycles. The molecule has 9 nitrogen and oxygen atoms in total. The Labute approximate surface area is 180 Å². The van der Waals surface area contributed by atoms with Gasteiger partial charge in [-0.2, -0.15) is 0 Å². The van der Waals surface area contributed by atoms with Crippen LogP contribution >= 0.6 is 11.3 Å². The molecule has 10 heteroatoms. The van der Waals surface area contributed by atoms with Gasteiger partial charge in [0.1, 0.15) is 6.54 Å². The molecule has 0 aliphatic carbocycles. The maximum absolute atomic E-state index is 12.7. The predicted molar refractivity (Wildman–Crippen MR) is 115 cm³/mol. The van der Waals surface area contributed by atoms with E-state index >= 15 is 0 Å². The van der Waals surface area contributed by atoms with Gasteiger partial charge in [-0.3, -0.25) is 28.3 Å². The molecule has 162 valence electrons. The molecular weight excluding hydrogens is 422 g/mol. The van der Waals surface area contributed by atoms with Crippen molar-refractivity contribution in [1.82, 2.24) is 14.5 Å². The van der Waals surface area contributed by atoms with Crippen LogP contribution < -0.4 is 16.6 Å². The molecule has 0 bridgehead atoms. The van der Waals surface area contributed by atoms with Crippen LogP contribution in [-0.2, 0) is 34.0 Å². The summed E-state index contributed by atoms with van der Waals surface area (Å²) in [5, 5.41) is 2.96. The summed E-state index contributed by atoms with van der Waals surface area (Å²) in [6.07, 6.45) is 0. The number of para-hydroxylation sites is 1. The lowest BCUT2D eigenvalue weighted by Gasteiger charge is -2.12. The lowest BCUT2D eigenvalue weighted by molar-refractivity contribution is -0.143. The van der Waals surface area contributed by atoms with Crippen LogP contribution in [0.1, 0.15) is 28.4 Å².